The number of para-hydroxylation sites is 1. The van der Waals surface area contributed by atoms with Crippen LogP contribution in [0.3, 0.4) is 0 Å². The highest BCUT2D eigenvalue weighted by Crippen LogP contribution is 2.24. The van der Waals surface area contributed by atoms with Gasteiger partial charge in [0.05, 0.1) is 5.56 Å². The van der Waals surface area contributed by atoms with E-state index in [-0.39, 0.29) is 17.7 Å². The summed E-state index contributed by atoms with van der Waals surface area (Å²) in [6.45, 7) is 8.42. The molecule has 0 spiro atoms. The number of aromatic amines is 1. The molecule has 0 radical (unpaired) electrons. The van der Waals surface area contributed by atoms with E-state index in [0.717, 1.165) is 35.1 Å². The molecular formula is C19H25N3O2. The lowest BCUT2D eigenvalue weighted by molar-refractivity contribution is -0.134. The Morgan fingerprint density at radius 2 is 1.71 bits per heavy atom. The van der Waals surface area contributed by atoms with Gasteiger partial charge in [-0.2, -0.15) is 0 Å². The molecule has 5 nitrogen and oxygen atoms in total. The van der Waals surface area contributed by atoms with Crippen molar-refractivity contribution in [3.8, 4) is 0 Å². The van der Waals surface area contributed by atoms with E-state index >= 15 is 0 Å². The molecule has 0 saturated carbocycles. The molecule has 1 saturated heterocycles. The van der Waals surface area contributed by atoms with Crippen LogP contribution in [0.25, 0.3) is 10.9 Å². The van der Waals surface area contributed by atoms with Gasteiger partial charge in [0.15, 0.2) is 0 Å². The maximum Gasteiger partial charge on any atom is 0.256 e. The maximum absolute atomic E-state index is 13.1. The van der Waals surface area contributed by atoms with Crippen LogP contribution in [0.15, 0.2) is 24.3 Å². The number of fused-ring (bicyclic) bond motifs is 1. The first-order valence-electron chi connectivity index (χ1n) is 8.64. The van der Waals surface area contributed by atoms with Crippen LogP contribution in [0.2, 0.25) is 0 Å². The number of nitrogens with zero attached hydrogens (tertiary/aromatic N) is 2. The molecule has 2 aromatic rings. The van der Waals surface area contributed by atoms with Crippen molar-refractivity contribution in [2.75, 3.05) is 26.2 Å². The second kappa shape index (κ2) is 6.67. The number of amides is 2. The Labute approximate surface area is 142 Å². The number of aromatic nitrogens is 1. The number of hydrogen-bond donors (Lipinski definition) is 1. The lowest BCUT2D eigenvalue weighted by atomic mass is 10.1. The number of carbonyl (C=O) groups excluding carboxylic acids is 2. The van der Waals surface area contributed by atoms with Crippen LogP contribution >= 0.6 is 0 Å². The lowest BCUT2D eigenvalue weighted by Gasteiger charge is -2.23. The highest BCUT2D eigenvalue weighted by atomic mass is 16.2. The van der Waals surface area contributed by atoms with Gasteiger partial charge in [-0.3, -0.25) is 9.59 Å². The maximum atomic E-state index is 13.1. The molecule has 2 amide bonds. The van der Waals surface area contributed by atoms with Crippen LogP contribution < -0.4 is 0 Å². The molecule has 0 unspecified atom stereocenters. The first kappa shape index (κ1) is 16.6. The van der Waals surface area contributed by atoms with Gasteiger partial charge in [-0.05, 0) is 19.4 Å². The van der Waals surface area contributed by atoms with E-state index in [9.17, 15) is 9.59 Å². The highest BCUT2D eigenvalue weighted by Gasteiger charge is 2.26. The minimum atomic E-state index is 0.00288. The van der Waals surface area contributed by atoms with Gasteiger partial charge in [0.1, 0.15) is 0 Å². The standard InChI is InChI=1S/C19H25N3O2/c1-13(2)18(23)21-9-6-10-22(12-11-21)19(24)17-14(3)20-16-8-5-4-7-15(16)17/h4-5,7-8,13,20H,6,9-12H2,1-3H3. The van der Waals surface area contributed by atoms with Gasteiger partial charge >= 0.3 is 0 Å². The number of benzene rings is 1. The van der Waals surface area contributed by atoms with Crippen molar-refractivity contribution in [3.63, 3.8) is 0 Å². The van der Waals surface area contributed by atoms with Crippen LogP contribution in [0, 0.1) is 12.8 Å². The average Bonchev–Trinajstić information content (AvgIpc) is 2.73. The fourth-order valence-electron chi connectivity index (χ4n) is 3.42. The molecule has 128 valence electrons. The second-order valence-corrected chi connectivity index (χ2v) is 6.80. The molecule has 1 fully saturated rings. The van der Waals surface area contributed by atoms with Crippen LogP contribution in [0.4, 0.5) is 0 Å². The molecular weight excluding hydrogens is 302 g/mol. The molecule has 3 rings (SSSR count). The lowest BCUT2D eigenvalue weighted by Crippen LogP contribution is -2.39. The Morgan fingerprint density at radius 3 is 2.46 bits per heavy atom. The highest BCUT2D eigenvalue weighted by molar-refractivity contribution is 6.08. The summed E-state index contributed by atoms with van der Waals surface area (Å²) in [5.74, 6) is 0.236. The van der Waals surface area contributed by atoms with Crippen LogP contribution in [-0.4, -0.2) is 52.8 Å². The predicted octanol–water partition coefficient (Wildman–Crippen LogP) is 2.81. The molecule has 0 atom stereocenters. The van der Waals surface area contributed by atoms with Crippen molar-refractivity contribution in [3.05, 3.63) is 35.5 Å². The van der Waals surface area contributed by atoms with Crippen molar-refractivity contribution in [2.45, 2.75) is 27.2 Å². The summed E-state index contributed by atoms with van der Waals surface area (Å²) in [5, 5.41) is 0.972. The molecule has 1 aromatic heterocycles. The summed E-state index contributed by atoms with van der Waals surface area (Å²) in [7, 11) is 0. The van der Waals surface area contributed by atoms with Crippen molar-refractivity contribution >= 4 is 22.7 Å². The SMILES string of the molecule is Cc1[nH]c2ccccc2c1C(=O)N1CCCN(C(=O)C(C)C)CC1. The number of carbonyl (C=O) groups is 2. The molecule has 1 N–H and O–H groups in total. The summed E-state index contributed by atoms with van der Waals surface area (Å²) in [5.41, 5.74) is 2.65. The third-order valence-corrected chi connectivity index (χ3v) is 4.70. The largest absolute Gasteiger partial charge is 0.358 e. The Balaban J connectivity index is 1.80. The van der Waals surface area contributed by atoms with Gasteiger partial charge in [-0.25, -0.2) is 0 Å². The summed E-state index contributed by atoms with van der Waals surface area (Å²) in [4.78, 5) is 32.3. The number of nitrogens with one attached hydrogen (secondary N) is 1. The summed E-state index contributed by atoms with van der Waals surface area (Å²) in [6.07, 6.45) is 0.825. The monoisotopic (exact) mass is 327 g/mol. The topological polar surface area (TPSA) is 56.4 Å². The number of hydrogen-bond acceptors (Lipinski definition) is 2. The van der Waals surface area contributed by atoms with E-state index in [4.69, 9.17) is 0 Å². The van der Waals surface area contributed by atoms with Crippen molar-refractivity contribution in [1.29, 1.82) is 0 Å². The van der Waals surface area contributed by atoms with Crippen molar-refractivity contribution < 1.29 is 9.59 Å². The van der Waals surface area contributed by atoms with Crippen molar-refractivity contribution in [1.82, 2.24) is 14.8 Å². The molecule has 1 aliphatic rings. The summed E-state index contributed by atoms with van der Waals surface area (Å²) >= 11 is 0. The fourth-order valence-corrected chi connectivity index (χ4v) is 3.42. The number of aryl methyl sites for hydroxylation is 1. The number of H-pyrrole nitrogens is 1. The molecule has 0 bridgehead atoms. The van der Waals surface area contributed by atoms with Crippen LogP contribution in [-0.2, 0) is 4.79 Å². The quantitative estimate of drug-likeness (QED) is 0.922. The normalized spacial score (nSPS) is 15.8. The van der Waals surface area contributed by atoms with Gasteiger partial charge in [0.25, 0.3) is 5.91 Å². The Bertz CT molecular complexity index is 763. The van der Waals surface area contributed by atoms with E-state index < -0.39 is 0 Å². The molecule has 24 heavy (non-hydrogen) atoms. The first-order chi connectivity index (χ1) is 11.5. The third-order valence-electron chi connectivity index (χ3n) is 4.70. The predicted molar refractivity (Wildman–Crippen MR) is 95.0 cm³/mol. The zero-order valence-corrected chi connectivity index (χ0v) is 14.6. The minimum Gasteiger partial charge on any atom is -0.358 e. The first-order valence-corrected chi connectivity index (χ1v) is 8.64. The van der Waals surface area contributed by atoms with E-state index in [2.05, 4.69) is 4.98 Å². The summed E-state index contributed by atoms with van der Waals surface area (Å²) in [6, 6.07) is 7.90. The van der Waals surface area contributed by atoms with Crippen LogP contribution in [0.5, 0.6) is 0 Å². The molecule has 2 heterocycles. The molecule has 1 aromatic carbocycles. The van der Waals surface area contributed by atoms with Crippen molar-refractivity contribution in [2.24, 2.45) is 5.92 Å². The van der Waals surface area contributed by atoms with Gasteiger partial charge in [0.2, 0.25) is 5.91 Å². The van der Waals surface area contributed by atoms with E-state index in [1.165, 1.54) is 0 Å². The van der Waals surface area contributed by atoms with Gasteiger partial charge < -0.3 is 14.8 Å². The van der Waals surface area contributed by atoms with E-state index in [1.54, 1.807) is 0 Å². The zero-order chi connectivity index (χ0) is 17.3. The second-order valence-electron chi connectivity index (χ2n) is 6.80. The zero-order valence-electron chi connectivity index (χ0n) is 14.6. The van der Waals surface area contributed by atoms with E-state index in [0.29, 0.717) is 19.6 Å². The molecule has 5 heteroatoms. The Kier molecular flexibility index (Phi) is 4.60. The Morgan fingerprint density at radius 1 is 1.04 bits per heavy atom. The van der Waals surface area contributed by atoms with Crippen LogP contribution in [0.1, 0.15) is 36.3 Å². The van der Waals surface area contributed by atoms with Gasteiger partial charge in [-0.15, -0.1) is 0 Å². The fraction of sp³-hybridized carbons (Fsp3) is 0.474. The smallest absolute Gasteiger partial charge is 0.256 e. The van der Waals surface area contributed by atoms with E-state index in [1.807, 2.05) is 54.8 Å². The molecule has 0 aliphatic carbocycles. The molecule has 1 aliphatic heterocycles. The minimum absolute atomic E-state index is 0.00288. The Hall–Kier alpha value is -2.30. The van der Waals surface area contributed by atoms with Gasteiger partial charge in [-0.1, -0.05) is 32.0 Å². The number of rotatable bonds is 2. The van der Waals surface area contributed by atoms with Gasteiger partial charge in [0, 0.05) is 48.7 Å². The third kappa shape index (κ3) is 3.03. The average molecular weight is 327 g/mol. The summed E-state index contributed by atoms with van der Waals surface area (Å²) < 4.78 is 0.